The molecule has 0 radical (unpaired) electrons. The molecule has 1 aromatic heterocycles. The van der Waals surface area contributed by atoms with Crippen molar-refractivity contribution in [1.29, 1.82) is 0 Å². The number of rotatable bonds is 3. The molecule has 0 bridgehead atoms. The molecule has 3 nitrogen and oxygen atoms in total. The van der Waals surface area contributed by atoms with Gasteiger partial charge in [-0.3, -0.25) is 0 Å². The highest BCUT2D eigenvalue weighted by atomic mass is 35.5. The van der Waals surface area contributed by atoms with Gasteiger partial charge in [0.05, 0.1) is 12.0 Å². The van der Waals surface area contributed by atoms with Crippen LogP contribution in [0.2, 0.25) is 5.15 Å². The highest BCUT2D eigenvalue weighted by molar-refractivity contribution is 7.99. The summed E-state index contributed by atoms with van der Waals surface area (Å²) in [5.41, 5.74) is 0.887. The van der Waals surface area contributed by atoms with Crippen molar-refractivity contribution in [2.75, 3.05) is 7.11 Å². The minimum absolute atomic E-state index is 0.500. The largest absolute Gasteiger partial charge is 0.496 e. The Morgan fingerprint density at radius 2 is 1.89 bits per heavy atom. The highest BCUT2D eigenvalue weighted by Crippen LogP contribution is 2.36. The maximum absolute atomic E-state index is 6.06. The number of aromatic nitrogens is 2. The van der Waals surface area contributed by atoms with E-state index in [1.807, 2.05) is 38.1 Å². The molecule has 1 aromatic carbocycles. The fraction of sp³-hybridized carbons (Fsp3) is 0.231. The van der Waals surface area contributed by atoms with Gasteiger partial charge in [0.15, 0.2) is 0 Å². The van der Waals surface area contributed by atoms with Crippen molar-refractivity contribution in [3.8, 4) is 5.75 Å². The number of halogens is 1. The van der Waals surface area contributed by atoms with Crippen LogP contribution in [0.25, 0.3) is 0 Å². The van der Waals surface area contributed by atoms with Crippen LogP contribution < -0.4 is 4.74 Å². The van der Waals surface area contributed by atoms with E-state index < -0.39 is 0 Å². The van der Waals surface area contributed by atoms with Crippen molar-refractivity contribution in [3.05, 3.63) is 40.8 Å². The summed E-state index contributed by atoms with van der Waals surface area (Å²) in [5.74, 6) is 1.50. The summed E-state index contributed by atoms with van der Waals surface area (Å²) in [6.07, 6.45) is 0. The zero-order valence-electron chi connectivity index (χ0n) is 10.4. The summed E-state index contributed by atoms with van der Waals surface area (Å²) in [5, 5.41) is 1.36. The second kappa shape index (κ2) is 5.59. The SMILES string of the molecule is COc1ccccc1Sc1nc(C)nc(Cl)c1C. The number of aryl methyl sites for hydroxylation is 1. The monoisotopic (exact) mass is 280 g/mol. The Morgan fingerprint density at radius 3 is 2.61 bits per heavy atom. The second-order valence-corrected chi connectivity index (χ2v) is 5.13. The topological polar surface area (TPSA) is 35.0 Å². The van der Waals surface area contributed by atoms with Gasteiger partial charge >= 0.3 is 0 Å². The van der Waals surface area contributed by atoms with E-state index in [0.29, 0.717) is 11.0 Å². The van der Waals surface area contributed by atoms with E-state index in [9.17, 15) is 0 Å². The maximum atomic E-state index is 6.06. The van der Waals surface area contributed by atoms with Gasteiger partial charge in [0.1, 0.15) is 21.8 Å². The van der Waals surface area contributed by atoms with Crippen LogP contribution >= 0.6 is 23.4 Å². The lowest BCUT2D eigenvalue weighted by Crippen LogP contribution is -1.95. The number of ether oxygens (including phenoxy) is 1. The third-order valence-corrected chi connectivity index (χ3v) is 3.95. The van der Waals surface area contributed by atoms with Gasteiger partial charge in [0.25, 0.3) is 0 Å². The number of benzene rings is 1. The van der Waals surface area contributed by atoms with E-state index in [1.54, 1.807) is 7.11 Å². The van der Waals surface area contributed by atoms with Crippen molar-refractivity contribution in [1.82, 2.24) is 9.97 Å². The average Bonchev–Trinajstić information content (AvgIpc) is 2.36. The Morgan fingerprint density at radius 1 is 1.17 bits per heavy atom. The molecule has 5 heteroatoms. The lowest BCUT2D eigenvalue weighted by atomic mass is 10.3. The fourth-order valence-corrected chi connectivity index (χ4v) is 2.78. The van der Waals surface area contributed by atoms with Gasteiger partial charge in [0, 0.05) is 5.56 Å². The predicted molar refractivity (Wildman–Crippen MR) is 73.6 cm³/mol. The van der Waals surface area contributed by atoms with Crippen LogP contribution in [0.3, 0.4) is 0 Å². The summed E-state index contributed by atoms with van der Waals surface area (Å²) in [7, 11) is 1.66. The summed E-state index contributed by atoms with van der Waals surface area (Å²) < 4.78 is 5.32. The van der Waals surface area contributed by atoms with Crippen molar-refractivity contribution >= 4 is 23.4 Å². The maximum Gasteiger partial charge on any atom is 0.136 e. The molecule has 0 aliphatic rings. The Kier molecular flexibility index (Phi) is 4.09. The molecular formula is C13H13ClN2OS. The van der Waals surface area contributed by atoms with E-state index in [1.165, 1.54) is 11.8 Å². The standard InChI is InChI=1S/C13H13ClN2OS/c1-8-12(14)15-9(2)16-13(8)18-11-7-5-4-6-10(11)17-3/h4-7H,1-3H3. The van der Waals surface area contributed by atoms with Crippen LogP contribution in [0.5, 0.6) is 5.75 Å². The molecule has 0 atom stereocenters. The summed E-state index contributed by atoms with van der Waals surface area (Å²) >= 11 is 7.60. The molecule has 0 aliphatic heterocycles. The lowest BCUT2D eigenvalue weighted by molar-refractivity contribution is 0.405. The number of hydrogen-bond acceptors (Lipinski definition) is 4. The Hall–Kier alpha value is -1.26. The quantitative estimate of drug-likeness (QED) is 0.799. The Balaban J connectivity index is 2.40. The summed E-state index contributed by atoms with van der Waals surface area (Å²) in [6.45, 7) is 3.75. The van der Waals surface area contributed by atoms with Crippen molar-refractivity contribution < 1.29 is 4.74 Å². The van der Waals surface area contributed by atoms with E-state index in [2.05, 4.69) is 9.97 Å². The highest BCUT2D eigenvalue weighted by Gasteiger charge is 2.11. The molecule has 0 spiro atoms. The first kappa shape index (κ1) is 13.2. The predicted octanol–water partition coefficient (Wildman–Crippen LogP) is 3.91. The van der Waals surface area contributed by atoms with Gasteiger partial charge in [0.2, 0.25) is 0 Å². The lowest BCUT2D eigenvalue weighted by Gasteiger charge is -2.10. The van der Waals surface area contributed by atoms with Gasteiger partial charge in [-0.2, -0.15) is 0 Å². The van der Waals surface area contributed by atoms with Gasteiger partial charge in [-0.1, -0.05) is 35.5 Å². The molecule has 2 rings (SSSR count). The molecule has 0 unspecified atom stereocenters. The van der Waals surface area contributed by atoms with Crippen LogP contribution in [-0.4, -0.2) is 17.1 Å². The Labute approximate surface area is 116 Å². The van der Waals surface area contributed by atoms with Crippen LogP contribution in [0, 0.1) is 13.8 Å². The van der Waals surface area contributed by atoms with Gasteiger partial charge < -0.3 is 4.74 Å². The fourth-order valence-electron chi connectivity index (χ4n) is 1.48. The molecule has 0 aliphatic carbocycles. The van der Waals surface area contributed by atoms with Crippen LogP contribution in [0.4, 0.5) is 0 Å². The smallest absolute Gasteiger partial charge is 0.136 e. The Bertz CT molecular complexity index is 575. The minimum Gasteiger partial charge on any atom is -0.496 e. The average molecular weight is 281 g/mol. The third kappa shape index (κ3) is 2.76. The second-order valence-electron chi connectivity index (χ2n) is 3.74. The first-order chi connectivity index (χ1) is 8.61. The first-order valence-corrected chi connectivity index (χ1v) is 6.63. The number of nitrogens with zero attached hydrogens (tertiary/aromatic N) is 2. The van der Waals surface area contributed by atoms with E-state index in [0.717, 1.165) is 21.2 Å². The molecular weight excluding hydrogens is 268 g/mol. The molecule has 18 heavy (non-hydrogen) atoms. The van der Waals surface area contributed by atoms with E-state index in [-0.39, 0.29) is 0 Å². The van der Waals surface area contributed by atoms with Gasteiger partial charge in [-0.25, -0.2) is 9.97 Å². The number of methoxy groups -OCH3 is 1. The molecule has 0 N–H and O–H groups in total. The van der Waals surface area contributed by atoms with Crippen molar-refractivity contribution in [2.45, 2.75) is 23.8 Å². The number of hydrogen-bond donors (Lipinski definition) is 0. The molecule has 0 saturated heterocycles. The number of para-hydroxylation sites is 1. The molecule has 0 amide bonds. The zero-order chi connectivity index (χ0) is 13.1. The third-order valence-electron chi connectivity index (χ3n) is 2.43. The molecule has 2 aromatic rings. The van der Waals surface area contributed by atoms with Crippen LogP contribution in [-0.2, 0) is 0 Å². The molecule has 1 heterocycles. The molecule has 0 saturated carbocycles. The molecule has 0 fully saturated rings. The minimum atomic E-state index is 0.500. The van der Waals surface area contributed by atoms with Crippen molar-refractivity contribution in [2.24, 2.45) is 0 Å². The first-order valence-electron chi connectivity index (χ1n) is 5.43. The normalized spacial score (nSPS) is 10.4. The van der Waals surface area contributed by atoms with E-state index >= 15 is 0 Å². The van der Waals surface area contributed by atoms with E-state index in [4.69, 9.17) is 16.3 Å². The van der Waals surface area contributed by atoms with Crippen LogP contribution in [0.1, 0.15) is 11.4 Å². The summed E-state index contributed by atoms with van der Waals surface area (Å²) in [6, 6.07) is 7.82. The van der Waals surface area contributed by atoms with Crippen molar-refractivity contribution in [3.63, 3.8) is 0 Å². The van der Waals surface area contributed by atoms with Gasteiger partial charge in [-0.05, 0) is 26.0 Å². The van der Waals surface area contributed by atoms with Crippen LogP contribution in [0.15, 0.2) is 34.2 Å². The molecule has 94 valence electrons. The van der Waals surface area contributed by atoms with Gasteiger partial charge in [-0.15, -0.1) is 0 Å². The zero-order valence-corrected chi connectivity index (χ0v) is 12.0. The summed E-state index contributed by atoms with van der Waals surface area (Å²) in [4.78, 5) is 9.56.